The van der Waals surface area contributed by atoms with Gasteiger partial charge in [-0.2, -0.15) is 4.98 Å². The van der Waals surface area contributed by atoms with Gasteiger partial charge in [0.1, 0.15) is 17.8 Å². The molecule has 0 unspecified atom stereocenters. The zero-order valence-corrected chi connectivity index (χ0v) is 17.0. The minimum atomic E-state index is 0.401. The smallest absolute Gasteiger partial charge is 0.248 e. The van der Waals surface area contributed by atoms with E-state index in [4.69, 9.17) is 10.5 Å². The molecule has 1 aliphatic heterocycles. The maximum Gasteiger partial charge on any atom is 0.248 e. The van der Waals surface area contributed by atoms with Gasteiger partial charge >= 0.3 is 0 Å². The summed E-state index contributed by atoms with van der Waals surface area (Å²) in [5.41, 5.74) is 9.38. The number of rotatable bonds is 5. The van der Waals surface area contributed by atoms with Gasteiger partial charge in [-0.1, -0.05) is 44.2 Å². The first-order chi connectivity index (χ1) is 14.1. The Morgan fingerprint density at radius 2 is 1.52 bits per heavy atom. The van der Waals surface area contributed by atoms with Crippen molar-refractivity contribution in [1.82, 2.24) is 9.97 Å². The number of hydrogen-bond acceptors (Lipinski definition) is 6. The molecule has 1 aromatic heterocycles. The molecular weight excluding hydrogens is 362 g/mol. The highest BCUT2D eigenvalue weighted by atomic mass is 16.5. The van der Waals surface area contributed by atoms with E-state index in [1.54, 1.807) is 0 Å². The van der Waals surface area contributed by atoms with Gasteiger partial charge in [0.15, 0.2) is 5.82 Å². The minimum absolute atomic E-state index is 0.401. The van der Waals surface area contributed by atoms with Crippen molar-refractivity contribution in [1.29, 1.82) is 0 Å². The van der Waals surface area contributed by atoms with E-state index in [-0.39, 0.29) is 0 Å². The fourth-order valence-electron chi connectivity index (χ4n) is 3.55. The first-order valence-corrected chi connectivity index (χ1v) is 10.0. The van der Waals surface area contributed by atoms with Crippen molar-refractivity contribution in [3.8, 4) is 11.6 Å². The summed E-state index contributed by atoms with van der Waals surface area (Å²) in [6.07, 6.45) is 1.52. The van der Waals surface area contributed by atoms with Crippen molar-refractivity contribution in [3.05, 3.63) is 66.5 Å². The number of piperazine rings is 1. The Balaban J connectivity index is 1.46. The van der Waals surface area contributed by atoms with Crippen molar-refractivity contribution in [2.75, 3.05) is 41.7 Å². The van der Waals surface area contributed by atoms with E-state index >= 15 is 0 Å². The number of para-hydroxylation sites is 1. The molecule has 0 bridgehead atoms. The summed E-state index contributed by atoms with van der Waals surface area (Å²) in [6.45, 7) is 7.86. The highest BCUT2D eigenvalue weighted by molar-refractivity contribution is 5.68. The number of nitrogens with zero attached hydrogens (tertiary/aromatic N) is 4. The topological polar surface area (TPSA) is 67.5 Å². The maximum atomic E-state index is 6.38. The quantitative estimate of drug-likeness (QED) is 0.702. The molecule has 6 heteroatoms. The summed E-state index contributed by atoms with van der Waals surface area (Å²) in [4.78, 5) is 13.3. The number of aromatic nitrogens is 2. The van der Waals surface area contributed by atoms with E-state index in [9.17, 15) is 0 Å². The van der Waals surface area contributed by atoms with Crippen LogP contribution in [0.5, 0.6) is 11.6 Å². The van der Waals surface area contributed by atoms with E-state index in [1.807, 2.05) is 18.2 Å². The first kappa shape index (κ1) is 19.1. The first-order valence-electron chi connectivity index (χ1n) is 10.0. The molecule has 0 aliphatic carbocycles. The molecule has 1 fully saturated rings. The molecule has 0 amide bonds. The lowest BCUT2D eigenvalue weighted by Crippen LogP contribution is -2.47. The second kappa shape index (κ2) is 8.39. The van der Waals surface area contributed by atoms with Gasteiger partial charge in [-0.15, -0.1) is 0 Å². The molecule has 0 atom stereocenters. The zero-order valence-electron chi connectivity index (χ0n) is 17.0. The molecule has 0 spiro atoms. The molecule has 2 heterocycles. The Morgan fingerprint density at radius 1 is 0.862 bits per heavy atom. The normalized spacial score (nSPS) is 14.3. The van der Waals surface area contributed by atoms with Gasteiger partial charge in [0.25, 0.3) is 0 Å². The Morgan fingerprint density at radius 3 is 2.17 bits per heavy atom. The van der Waals surface area contributed by atoms with Gasteiger partial charge in [-0.3, -0.25) is 0 Å². The average Bonchev–Trinajstić information content (AvgIpc) is 2.76. The molecule has 1 aliphatic rings. The van der Waals surface area contributed by atoms with Crippen LogP contribution < -0.4 is 20.3 Å². The standard InChI is InChI=1S/C23H27N5O/c1-17(2)18-8-10-20(11-9-18)29-23-21(24)22(25-16-26-23)28-14-12-27(13-15-28)19-6-4-3-5-7-19/h3-11,16-17H,12-15,24H2,1-2H3. The van der Waals surface area contributed by atoms with E-state index < -0.39 is 0 Å². The van der Waals surface area contributed by atoms with E-state index in [1.165, 1.54) is 17.6 Å². The molecular formula is C23H27N5O. The molecule has 29 heavy (non-hydrogen) atoms. The summed E-state index contributed by atoms with van der Waals surface area (Å²) in [6, 6.07) is 18.5. The molecule has 6 nitrogen and oxygen atoms in total. The zero-order chi connectivity index (χ0) is 20.2. The summed E-state index contributed by atoms with van der Waals surface area (Å²) in [7, 11) is 0. The SMILES string of the molecule is CC(C)c1ccc(Oc2ncnc(N3CCN(c4ccccc4)CC3)c2N)cc1. The van der Waals surface area contributed by atoms with Crippen molar-refractivity contribution in [3.63, 3.8) is 0 Å². The summed E-state index contributed by atoms with van der Waals surface area (Å²) in [5, 5.41) is 0. The van der Waals surface area contributed by atoms with E-state index in [2.05, 4.69) is 70.0 Å². The minimum Gasteiger partial charge on any atom is -0.437 e. The predicted octanol–water partition coefficient (Wildman–Crippen LogP) is 4.30. The number of nitrogens with two attached hydrogens (primary N) is 1. The molecule has 2 aromatic carbocycles. The second-order valence-electron chi connectivity index (χ2n) is 7.55. The lowest BCUT2D eigenvalue weighted by molar-refractivity contribution is 0.463. The molecule has 0 radical (unpaired) electrons. The molecule has 150 valence electrons. The van der Waals surface area contributed by atoms with Crippen LogP contribution in [0.2, 0.25) is 0 Å². The molecule has 4 rings (SSSR count). The van der Waals surface area contributed by atoms with Crippen LogP contribution in [-0.4, -0.2) is 36.1 Å². The Labute approximate surface area is 172 Å². The van der Waals surface area contributed by atoms with Crippen LogP contribution in [0.15, 0.2) is 60.9 Å². The lowest BCUT2D eigenvalue weighted by Gasteiger charge is -2.37. The van der Waals surface area contributed by atoms with Crippen LogP contribution in [-0.2, 0) is 0 Å². The third-order valence-electron chi connectivity index (χ3n) is 5.29. The summed E-state index contributed by atoms with van der Waals surface area (Å²) in [5.74, 6) is 2.34. The van der Waals surface area contributed by atoms with E-state index in [0.29, 0.717) is 17.5 Å². The lowest BCUT2D eigenvalue weighted by atomic mass is 10.0. The highest BCUT2D eigenvalue weighted by Gasteiger charge is 2.22. The average molecular weight is 390 g/mol. The van der Waals surface area contributed by atoms with Crippen LogP contribution >= 0.6 is 0 Å². The van der Waals surface area contributed by atoms with Gasteiger partial charge in [-0.25, -0.2) is 4.98 Å². The summed E-state index contributed by atoms with van der Waals surface area (Å²) < 4.78 is 5.95. The van der Waals surface area contributed by atoms with E-state index in [0.717, 1.165) is 37.7 Å². The van der Waals surface area contributed by atoms with Gasteiger partial charge in [0, 0.05) is 31.9 Å². The largest absolute Gasteiger partial charge is 0.437 e. The van der Waals surface area contributed by atoms with Gasteiger partial charge < -0.3 is 20.3 Å². The predicted molar refractivity (Wildman–Crippen MR) is 118 cm³/mol. The Bertz CT molecular complexity index is 935. The fraction of sp³-hybridized carbons (Fsp3) is 0.304. The number of anilines is 3. The fourth-order valence-corrected chi connectivity index (χ4v) is 3.55. The van der Waals surface area contributed by atoms with Crippen LogP contribution in [0.1, 0.15) is 25.3 Å². The van der Waals surface area contributed by atoms with Gasteiger partial charge in [-0.05, 0) is 35.7 Å². The summed E-state index contributed by atoms with van der Waals surface area (Å²) >= 11 is 0. The van der Waals surface area contributed by atoms with Crippen molar-refractivity contribution in [2.45, 2.75) is 19.8 Å². The van der Waals surface area contributed by atoms with Crippen molar-refractivity contribution >= 4 is 17.2 Å². The highest BCUT2D eigenvalue weighted by Crippen LogP contribution is 2.32. The number of benzene rings is 2. The number of nitrogen functional groups attached to an aromatic ring is 1. The second-order valence-corrected chi connectivity index (χ2v) is 7.55. The molecule has 0 saturated carbocycles. The Kier molecular flexibility index (Phi) is 5.51. The molecule has 2 N–H and O–H groups in total. The van der Waals surface area contributed by atoms with Crippen LogP contribution in [0.25, 0.3) is 0 Å². The van der Waals surface area contributed by atoms with Crippen LogP contribution in [0.4, 0.5) is 17.2 Å². The van der Waals surface area contributed by atoms with Crippen molar-refractivity contribution < 1.29 is 4.74 Å². The van der Waals surface area contributed by atoms with Crippen LogP contribution in [0.3, 0.4) is 0 Å². The number of ether oxygens (including phenoxy) is 1. The molecule has 1 saturated heterocycles. The number of hydrogen-bond donors (Lipinski definition) is 1. The monoisotopic (exact) mass is 389 g/mol. The van der Waals surface area contributed by atoms with Gasteiger partial charge in [0.05, 0.1) is 0 Å². The third kappa shape index (κ3) is 4.26. The van der Waals surface area contributed by atoms with Crippen molar-refractivity contribution in [2.24, 2.45) is 0 Å². The van der Waals surface area contributed by atoms with Gasteiger partial charge in [0.2, 0.25) is 5.88 Å². The third-order valence-corrected chi connectivity index (χ3v) is 5.29. The van der Waals surface area contributed by atoms with Crippen LogP contribution in [0, 0.1) is 0 Å². The Hall–Kier alpha value is -3.28. The molecule has 3 aromatic rings. The maximum absolute atomic E-state index is 6.38.